The van der Waals surface area contributed by atoms with E-state index in [1.165, 1.54) is 6.39 Å². The van der Waals surface area contributed by atoms with Crippen LogP contribution in [0.1, 0.15) is 5.56 Å². The van der Waals surface area contributed by atoms with E-state index in [1.807, 2.05) is 0 Å². The fourth-order valence-electron chi connectivity index (χ4n) is 2.62. The number of methoxy groups -OCH3 is 3. The van der Waals surface area contributed by atoms with Gasteiger partial charge < -0.3 is 28.7 Å². The predicted molar refractivity (Wildman–Crippen MR) is 103 cm³/mol. The third-order valence-electron chi connectivity index (χ3n) is 4.09. The zero-order valence-electron chi connectivity index (χ0n) is 16.3. The van der Waals surface area contributed by atoms with Crippen LogP contribution in [0.15, 0.2) is 47.2 Å². The average molecular weight is 399 g/mol. The molecule has 1 aromatic heterocycles. The van der Waals surface area contributed by atoms with E-state index in [9.17, 15) is 4.79 Å². The molecular weight excluding hydrogens is 378 g/mol. The number of rotatable bonds is 9. The number of ether oxygens (including phenoxy) is 4. The lowest BCUT2D eigenvalue weighted by molar-refractivity contribution is -0.123. The summed E-state index contributed by atoms with van der Waals surface area (Å²) in [6, 6.07) is 10.5. The van der Waals surface area contributed by atoms with Gasteiger partial charge in [-0.25, -0.2) is 0 Å². The van der Waals surface area contributed by atoms with Crippen molar-refractivity contribution in [3.05, 3.63) is 48.4 Å². The Morgan fingerprint density at radius 1 is 1.00 bits per heavy atom. The summed E-state index contributed by atoms with van der Waals surface area (Å²) in [7, 11) is 4.64. The molecule has 1 amide bonds. The maximum Gasteiger partial charge on any atom is 0.258 e. The standard InChI is InChI=1S/C20H21N3O6/c1-25-16-9-18(27-3)17(26-2)8-14(16)10-21-19(24)11-28-15-6-4-13(5-7-15)20-23-22-12-29-20/h4-9,12H,10-11H2,1-3H3,(H,21,24). The Kier molecular flexibility index (Phi) is 6.51. The zero-order valence-corrected chi connectivity index (χ0v) is 16.3. The Morgan fingerprint density at radius 3 is 2.31 bits per heavy atom. The molecule has 3 rings (SSSR count). The highest BCUT2D eigenvalue weighted by Gasteiger charge is 2.13. The molecule has 29 heavy (non-hydrogen) atoms. The highest BCUT2D eigenvalue weighted by Crippen LogP contribution is 2.34. The minimum Gasteiger partial charge on any atom is -0.496 e. The monoisotopic (exact) mass is 399 g/mol. The van der Waals surface area contributed by atoms with Gasteiger partial charge in [0, 0.05) is 23.7 Å². The number of carbonyl (C=O) groups is 1. The molecule has 0 fully saturated rings. The normalized spacial score (nSPS) is 10.3. The van der Waals surface area contributed by atoms with E-state index in [0.29, 0.717) is 28.9 Å². The van der Waals surface area contributed by atoms with E-state index in [4.69, 9.17) is 23.4 Å². The molecule has 9 heteroatoms. The molecule has 0 radical (unpaired) electrons. The van der Waals surface area contributed by atoms with Crippen LogP contribution in [0.2, 0.25) is 0 Å². The van der Waals surface area contributed by atoms with Crippen LogP contribution < -0.4 is 24.3 Å². The van der Waals surface area contributed by atoms with Crippen LogP contribution in [-0.4, -0.2) is 44.0 Å². The number of nitrogens with one attached hydrogen (secondary N) is 1. The summed E-state index contributed by atoms with van der Waals surface area (Å²) in [5, 5.41) is 10.3. The van der Waals surface area contributed by atoms with Gasteiger partial charge in [0.2, 0.25) is 12.3 Å². The quantitative estimate of drug-likeness (QED) is 0.585. The Morgan fingerprint density at radius 2 is 1.69 bits per heavy atom. The van der Waals surface area contributed by atoms with E-state index in [-0.39, 0.29) is 19.1 Å². The number of carbonyl (C=O) groups excluding carboxylic acids is 1. The molecule has 0 aliphatic rings. The lowest BCUT2D eigenvalue weighted by Crippen LogP contribution is -2.28. The van der Waals surface area contributed by atoms with Gasteiger partial charge >= 0.3 is 0 Å². The van der Waals surface area contributed by atoms with E-state index >= 15 is 0 Å². The fourth-order valence-corrected chi connectivity index (χ4v) is 2.62. The van der Waals surface area contributed by atoms with E-state index in [1.54, 1.807) is 57.7 Å². The SMILES string of the molecule is COc1cc(OC)c(OC)cc1CNC(=O)COc1ccc(-c2nnco2)cc1. The first kappa shape index (κ1) is 20.0. The predicted octanol–water partition coefficient (Wildman–Crippen LogP) is 2.46. The van der Waals surface area contributed by atoms with E-state index < -0.39 is 0 Å². The molecule has 0 aliphatic carbocycles. The Balaban J connectivity index is 1.55. The van der Waals surface area contributed by atoms with Gasteiger partial charge in [-0.15, -0.1) is 10.2 Å². The largest absolute Gasteiger partial charge is 0.496 e. The van der Waals surface area contributed by atoms with Crippen molar-refractivity contribution in [3.8, 4) is 34.5 Å². The lowest BCUT2D eigenvalue weighted by atomic mass is 10.1. The van der Waals surface area contributed by atoms with Gasteiger partial charge in [-0.3, -0.25) is 4.79 Å². The second kappa shape index (κ2) is 9.45. The lowest BCUT2D eigenvalue weighted by Gasteiger charge is -2.14. The van der Waals surface area contributed by atoms with Crippen LogP contribution in [0, 0.1) is 0 Å². The van der Waals surface area contributed by atoms with Crippen molar-refractivity contribution in [2.24, 2.45) is 0 Å². The van der Waals surface area contributed by atoms with Crippen LogP contribution in [0.25, 0.3) is 11.5 Å². The fraction of sp³-hybridized carbons (Fsp3) is 0.250. The first-order valence-electron chi connectivity index (χ1n) is 8.69. The summed E-state index contributed by atoms with van der Waals surface area (Å²) in [6.45, 7) is 0.122. The summed E-state index contributed by atoms with van der Waals surface area (Å²) >= 11 is 0. The Labute approximate surface area is 167 Å². The van der Waals surface area contributed by atoms with Crippen LogP contribution in [0.5, 0.6) is 23.0 Å². The molecule has 0 bridgehead atoms. The summed E-state index contributed by atoms with van der Waals surface area (Å²) in [4.78, 5) is 12.2. The molecule has 3 aromatic rings. The number of aromatic nitrogens is 2. The van der Waals surface area contributed by atoms with Crippen LogP contribution in [0.4, 0.5) is 0 Å². The second-order valence-corrected chi connectivity index (χ2v) is 5.85. The van der Waals surface area contributed by atoms with Gasteiger partial charge in [-0.1, -0.05) is 0 Å². The van der Waals surface area contributed by atoms with E-state index in [0.717, 1.165) is 11.1 Å². The number of hydrogen-bond acceptors (Lipinski definition) is 8. The molecule has 0 aliphatic heterocycles. The molecule has 0 saturated carbocycles. The molecule has 0 spiro atoms. The topological polar surface area (TPSA) is 105 Å². The van der Waals surface area contributed by atoms with Gasteiger partial charge in [0.15, 0.2) is 18.1 Å². The molecule has 0 saturated heterocycles. The third-order valence-corrected chi connectivity index (χ3v) is 4.09. The van der Waals surface area contributed by atoms with Gasteiger partial charge in [-0.2, -0.15) is 0 Å². The Hall–Kier alpha value is -3.75. The number of hydrogen-bond donors (Lipinski definition) is 1. The summed E-state index contributed by atoms with van der Waals surface area (Å²) in [5.41, 5.74) is 1.52. The molecule has 0 atom stereocenters. The van der Waals surface area contributed by atoms with Crippen molar-refractivity contribution < 1.29 is 28.2 Å². The summed E-state index contributed by atoms with van der Waals surface area (Å²) < 4.78 is 26.5. The molecule has 0 unspecified atom stereocenters. The molecule has 1 heterocycles. The minimum absolute atomic E-state index is 0.129. The highest BCUT2D eigenvalue weighted by molar-refractivity contribution is 5.77. The minimum atomic E-state index is -0.275. The van der Waals surface area contributed by atoms with Gasteiger partial charge in [0.05, 0.1) is 21.3 Å². The molecular formula is C20H21N3O6. The summed E-state index contributed by atoms with van der Waals surface area (Å²) in [5.74, 6) is 2.37. The first-order valence-corrected chi connectivity index (χ1v) is 8.69. The van der Waals surface area contributed by atoms with Crippen molar-refractivity contribution in [1.29, 1.82) is 0 Å². The average Bonchev–Trinajstić information content (AvgIpc) is 3.30. The maximum absolute atomic E-state index is 12.2. The summed E-state index contributed by atoms with van der Waals surface area (Å²) in [6.07, 6.45) is 1.26. The highest BCUT2D eigenvalue weighted by atomic mass is 16.5. The van der Waals surface area contributed by atoms with Crippen molar-refractivity contribution >= 4 is 5.91 Å². The molecule has 9 nitrogen and oxygen atoms in total. The molecule has 152 valence electrons. The Bertz CT molecular complexity index is 942. The van der Waals surface area contributed by atoms with Crippen LogP contribution in [0.3, 0.4) is 0 Å². The van der Waals surface area contributed by atoms with Gasteiger partial charge in [0.1, 0.15) is 11.5 Å². The van der Waals surface area contributed by atoms with Crippen molar-refractivity contribution in [2.45, 2.75) is 6.54 Å². The van der Waals surface area contributed by atoms with Crippen LogP contribution in [-0.2, 0) is 11.3 Å². The number of amides is 1. The first-order chi connectivity index (χ1) is 14.1. The molecule has 2 aromatic carbocycles. The zero-order chi connectivity index (χ0) is 20.6. The van der Waals surface area contributed by atoms with Gasteiger partial charge in [-0.05, 0) is 30.3 Å². The number of nitrogens with zero attached hydrogens (tertiary/aromatic N) is 2. The third kappa shape index (κ3) is 4.95. The van der Waals surface area contributed by atoms with E-state index in [2.05, 4.69) is 15.5 Å². The second-order valence-electron chi connectivity index (χ2n) is 5.85. The van der Waals surface area contributed by atoms with Crippen molar-refractivity contribution in [1.82, 2.24) is 15.5 Å². The molecule has 1 N–H and O–H groups in total. The van der Waals surface area contributed by atoms with Gasteiger partial charge in [0.25, 0.3) is 5.91 Å². The number of benzene rings is 2. The van der Waals surface area contributed by atoms with Crippen molar-refractivity contribution in [3.63, 3.8) is 0 Å². The van der Waals surface area contributed by atoms with Crippen LogP contribution >= 0.6 is 0 Å². The maximum atomic E-state index is 12.2. The smallest absolute Gasteiger partial charge is 0.258 e. The van der Waals surface area contributed by atoms with Crippen molar-refractivity contribution in [2.75, 3.05) is 27.9 Å².